The lowest BCUT2D eigenvalue weighted by Crippen LogP contribution is -2.44. The van der Waals surface area contributed by atoms with Crippen LogP contribution in [0.4, 0.5) is 18.9 Å². The summed E-state index contributed by atoms with van der Waals surface area (Å²) in [7, 11) is 0. The molecule has 0 heterocycles. The Kier molecular flexibility index (Phi) is 5.24. The van der Waals surface area contributed by atoms with Crippen molar-refractivity contribution in [3.05, 3.63) is 29.8 Å². The highest BCUT2D eigenvalue weighted by Gasteiger charge is 2.43. The Morgan fingerprint density at radius 1 is 1.35 bits per heavy atom. The van der Waals surface area contributed by atoms with E-state index in [9.17, 15) is 13.2 Å². The number of oxime groups is 1. The zero-order valence-electron chi connectivity index (χ0n) is 11.4. The molecule has 0 saturated carbocycles. The van der Waals surface area contributed by atoms with Gasteiger partial charge in [0.25, 0.3) is 0 Å². The van der Waals surface area contributed by atoms with Crippen molar-refractivity contribution in [3.63, 3.8) is 0 Å². The first kappa shape index (κ1) is 16.1. The molecule has 20 heavy (non-hydrogen) atoms. The molecule has 0 radical (unpaired) electrons. The normalized spacial score (nSPS) is 14.2. The lowest BCUT2D eigenvalue weighted by molar-refractivity contribution is -0.153. The van der Waals surface area contributed by atoms with Gasteiger partial charge in [-0.15, -0.1) is 0 Å². The summed E-state index contributed by atoms with van der Waals surface area (Å²) >= 11 is 0. The second-order valence-electron chi connectivity index (χ2n) is 4.49. The summed E-state index contributed by atoms with van der Waals surface area (Å²) in [4.78, 5) is 1.54. The molecule has 0 aliphatic heterocycles. The fraction of sp³-hybridized carbons (Fsp3) is 0.462. The first-order chi connectivity index (χ1) is 9.29. The van der Waals surface area contributed by atoms with Gasteiger partial charge in [0.2, 0.25) is 0 Å². The van der Waals surface area contributed by atoms with Crippen LogP contribution in [-0.4, -0.2) is 30.3 Å². The van der Waals surface area contributed by atoms with Gasteiger partial charge in [-0.3, -0.25) is 0 Å². The molecule has 0 fully saturated rings. The van der Waals surface area contributed by atoms with E-state index < -0.39 is 17.9 Å². The van der Waals surface area contributed by atoms with Crippen molar-refractivity contribution >= 4 is 11.5 Å². The zero-order valence-corrected chi connectivity index (χ0v) is 11.4. The van der Waals surface area contributed by atoms with Gasteiger partial charge in [0, 0.05) is 18.8 Å². The third-order valence-corrected chi connectivity index (χ3v) is 3.05. The Balaban J connectivity index is 2.98. The fourth-order valence-electron chi connectivity index (χ4n) is 1.83. The van der Waals surface area contributed by atoms with E-state index >= 15 is 0 Å². The molecule has 1 unspecified atom stereocenters. The van der Waals surface area contributed by atoms with Crippen LogP contribution in [0.15, 0.2) is 29.4 Å². The van der Waals surface area contributed by atoms with Gasteiger partial charge in [-0.2, -0.15) is 13.2 Å². The molecular weight excluding hydrogens is 271 g/mol. The maximum Gasteiger partial charge on any atom is 0.400 e. The molecular formula is C13H18F3N3O. The van der Waals surface area contributed by atoms with Crippen LogP contribution in [-0.2, 0) is 0 Å². The quantitative estimate of drug-likeness (QED) is 0.379. The lowest BCUT2D eigenvalue weighted by Gasteiger charge is -2.29. The highest BCUT2D eigenvalue weighted by atomic mass is 19.4. The summed E-state index contributed by atoms with van der Waals surface area (Å²) in [6.07, 6.45) is -4.56. The van der Waals surface area contributed by atoms with E-state index in [4.69, 9.17) is 10.9 Å². The number of nitrogens with zero attached hydrogens (tertiary/aromatic N) is 2. The van der Waals surface area contributed by atoms with Crippen LogP contribution in [0.1, 0.15) is 12.5 Å². The number of rotatable bonds is 5. The van der Waals surface area contributed by atoms with Crippen molar-refractivity contribution < 1.29 is 18.4 Å². The SMILES string of the molecule is CCN(CC(/C(N)=N/O)C(F)(F)F)c1ccc(C)cc1. The van der Waals surface area contributed by atoms with Crippen molar-refractivity contribution in [2.45, 2.75) is 20.0 Å². The molecule has 4 nitrogen and oxygen atoms in total. The van der Waals surface area contributed by atoms with Crippen LogP contribution in [0.2, 0.25) is 0 Å². The standard InChI is InChI=1S/C13H18F3N3O/c1-3-19(10-6-4-9(2)5-7-10)8-11(12(17)18-20)13(14,15)16/h4-7,11,20H,3,8H2,1-2H3,(H2,17,18). The van der Waals surface area contributed by atoms with E-state index in [1.807, 2.05) is 19.1 Å². The Morgan fingerprint density at radius 2 is 1.90 bits per heavy atom. The molecule has 1 rings (SSSR count). The first-order valence-corrected chi connectivity index (χ1v) is 6.15. The number of nitrogens with two attached hydrogens (primary N) is 1. The molecule has 0 aliphatic rings. The van der Waals surface area contributed by atoms with Gasteiger partial charge in [-0.25, -0.2) is 0 Å². The van der Waals surface area contributed by atoms with E-state index in [2.05, 4.69) is 5.16 Å². The largest absolute Gasteiger partial charge is 0.409 e. The maximum absolute atomic E-state index is 12.9. The molecule has 0 aromatic heterocycles. The molecule has 0 amide bonds. The number of aryl methyl sites for hydroxylation is 1. The Bertz CT molecular complexity index is 457. The molecule has 7 heteroatoms. The van der Waals surface area contributed by atoms with Crippen molar-refractivity contribution in [1.29, 1.82) is 0 Å². The predicted molar refractivity (Wildman–Crippen MR) is 72.0 cm³/mol. The highest BCUT2D eigenvalue weighted by Crippen LogP contribution is 2.28. The monoisotopic (exact) mass is 289 g/mol. The minimum Gasteiger partial charge on any atom is -0.409 e. The van der Waals surface area contributed by atoms with Crippen LogP contribution < -0.4 is 10.6 Å². The molecule has 0 spiro atoms. The average Bonchev–Trinajstić information content (AvgIpc) is 2.39. The van der Waals surface area contributed by atoms with Crippen LogP contribution in [0.25, 0.3) is 0 Å². The molecule has 3 N–H and O–H groups in total. The molecule has 112 valence electrons. The third kappa shape index (κ3) is 4.04. The summed E-state index contributed by atoms with van der Waals surface area (Å²) in [6.45, 7) is 3.64. The van der Waals surface area contributed by atoms with Crippen molar-refractivity contribution in [2.24, 2.45) is 16.8 Å². The number of alkyl halides is 3. The number of amidine groups is 1. The number of hydrogen-bond acceptors (Lipinski definition) is 3. The molecule has 0 saturated heterocycles. The van der Waals surface area contributed by atoms with Gasteiger partial charge in [0.05, 0.1) is 0 Å². The number of anilines is 1. The lowest BCUT2D eigenvalue weighted by atomic mass is 10.1. The van der Waals surface area contributed by atoms with E-state index in [-0.39, 0.29) is 6.54 Å². The number of halogens is 3. The van der Waals surface area contributed by atoms with Crippen molar-refractivity contribution in [3.8, 4) is 0 Å². The Labute approximate surface area is 115 Å². The highest BCUT2D eigenvalue weighted by molar-refractivity contribution is 5.83. The molecule has 1 atom stereocenters. The average molecular weight is 289 g/mol. The second-order valence-corrected chi connectivity index (χ2v) is 4.49. The van der Waals surface area contributed by atoms with Crippen LogP contribution in [0, 0.1) is 12.8 Å². The Morgan fingerprint density at radius 3 is 2.30 bits per heavy atom. The van der Waals surface area contributed by atoms with E-state index in [0.717, 1.165) is 5.56 Å². The van der Waals surface area contributed by atoms with Gasteiger partial charge in [0.15, 0.2) is 5.84 Å². The number of hydrogen-bond donors (Lipinski definition) is 2. The van der Waals surface area contributed by atoms with E-state index in [1.54, 1.807) is 19.1 Å². The third-order valence-electron chi connectivity index (χ3n) is 3.05. The molecule has 0 aliphatic carbocycles. The smallest absolute Gasteiger partial charge is 0.400 e. The fourth-order valence-corrected chi connectivity index (χ4v) is 1.83. The number of benzene rings is 1. The maximum atomic E-state index is 12.9. The summed E-state index contributed by atoms with van der Waals surface area (Å²) in [5.41, 5.74) is 6.85. The molecule has 1 aromatic rings. The van der Waals surface area contributed by atoms with Crippen LogP contribution in [0.5, 0.6) is 0 Å². The summed E-state index contributed by atoms with van der Waals surface area (Å²) < 4.78 is 38.8. The zero-order chi connectivity index (χ0) is 15.3. The van der Waals surface area contributed by atoms with Crippen molar-refractivity contribution in [2.75, 3.05) is 18.0 Å². The van der Waals surface area contributed by atoms with Gasteiger partial charge in [0.1, 0.15) is 5.92 Å². The molecule has 0 bridgehead atoms. The van der Waals surface area contributed by atoms with Gasteiger partial charge in [-0.1, -0.05) is 22.9 Å². The predicted octanol–water partition coefficient (Wildman–Crippen LogP) is 2.75. The van der Waals surface area contributed by atoms with Gasteiger partial charge in [-0.05, 0) is 26.0 Å². The van der Waals surface area contributed by atoms with Crippen LogP contribution in [0.3, 0.4) is 0 Å². The van der Waals surface area contributed by atoms with Crippen molar-refractivity contribution in [1.82, 2.24) is 0 Å². The van der Waals surface area contributed by atoms with Crippen LogP contribution >= 0.6 is 0 Å². The van der Waals surface area contributed by atoms with E-state index in [0.29, 0.717) is 12.2 Å². The summed E-state index contributed by atoms with van der Waals surface area (Å²) in [5, 5.41) is 11.0. The summed E-state index contributed by atoms with van der Waals surface area (Å²) in [5.74, 6) is -2.84. The van der Waals surface area contributed by atoms with Gasteiger partial charge < -0.3 is 15.8 Å². The van der Waals surface area contributed by atoms with Gasteiger partial charge >= 0.3 is 6.18 Å². The first-order valence-electron chi connectivity index (χ1n) is 6.15. The summed E-state index contributed by atoms with van der Waals surface area (Å²) in [6, 6.07) is 7.14. The minimum absolute atomic E-state index is 0.383. The molecule has 1 aromatic carbocycles. The second kappa shape index (κ2) is 6.49. The van der Waals surface area contributed by atoms with E-state index in [1.165, 1.54) is 4.90 Å². The Hall–Kier alpha value is -1.92. The minimum atomic E-state index is -4.56. The topological polar surface area (TPSA) is 61.8 Å².